The molecule has 168 valence electrons. The molecule has 4 rings (SSSR count). The standard InChI is InChI=1S/C26H28N6O/c1-28-26(33)22-17-30-23-11-9-18(15-21(23)25(22)32-20-7-3-2-4-8-20)19-10-12-24(31-16-19)29-14-6-5-13-27/h2-4,7-12,15-17H,5-6,13-14,27H2,1H3,(H,28,33)(H,29,31)(H,30,32). The Morgan fingerprint density at radius 2 is 1.76 bits per heavy atom. The van der Waals surface area contributed by atoms with Crippen molar-refractivity contribution in [1.82, 2.24) is 15.3 Å². The molecule has 0 atom stereocenters. The van der Waals surface area contributed by atoms with E-state index in [-0.39, 0.29) is 5.91 Å². The lowest BCUT2D eigenvalue weighted by Gasteiger charge is -2.15. The van der Waals surface area contributed by atoms with E-state index in [9.17, 15) is 4.79 Å². The van der Waals surface area contributed by atoms with Crippen molar-refractivity contribution in [3.05, 3.63) is 78.6 Å². The summed E-state index contributed by atoms with van der Waals surface area (Å²) in [5.74, 6) is 0.645. The Hall–Kier alpha value is -3.97. The highest BCUT2D eigenvalue weighted by Gasteiger charge is 2.16. The number of para-hydroxylation sites is 1. The zero-order valence-electron chi connectivity index (χ0n) is 18.6. The predicted molar refractivity (Wildman–Crippen MR) is 135 cm³/mol. The van der Waals surface area contributed by atoms with Gasteiger partial charge in [-0.25, -0.2) is 4.98 Å². The summed E-state index contributed by atoms with van der Waals surface area (Å²) in [7, 11) is 1.62. The van der Waals surface area contributed by atoms with Gasteiger partial charge in [0.15, 0.2) is 0 Å². The fourth-order valence-electron chi connectivity index (χ4n) is 3.63. The summed E-state index contributed by atoms with van der Waals surface area (Å²) < 4.78 is 0. The molecule has 0 spiro atoms. The van der Waals surface area contributed by atoms with Crippen LogP contribution in [0.4, 0.5) is 17.2 Å². The van der Waals surface area contributed by atoms with Crippen LogP contribution in [-0.2, 0) is 0 Å². The Kier molecular flexibility index (Phi) is 7.12. The minimum atomic E-state index is -0.194. The molecule has 0 saturated carbocycles. The Bertz CT molecular complexity index is 1220. The van der Waals surface area contributed by atoms with Crippen molar-refractivity contribution < 1.29 is 4.79 Å². The number of nitrogens with one attached hydrogen (secondary N) is 3. The largest absolute Gasteiger partial charge is 0.370 e. The second-order valence-corrected chi connectivity index (χ2v) is 7.70. The number of fused-ring (bicyclic) bond motifs is 1. The van der Waals surface area contributed by atoms with E-state index in [2.05, 4.69) is 25.9 Å². The number of benzene rings is 2. The Morgan fingerprint density at radius 1 is 0.939 bits per heavy atom. The molecule has 0 bridgehead atoms. The molecule has 0 aliphatic carbocycles. The molecule has 2 aromatic heterocycles. The number of anilines is 3. The highest BCUT2D eigenvalue weighted by molar-refractivity contribution is 6.08. The number of unbranched alkanes of at least 4 members (excludes halogenated alkanes) is 1. The molecule has 0 fully saturated rings. The Labute approximate surface area is 193 Å². The van der Waals surface area contributed by atoms with E-state index in [1.807, 2.05) is 66.9 Å². The van der Waals surface area contributed by atoms with Crippen LogP contribution in [-0.4, -0.2) is 36.0 Å². The lowest BCUT2D eigenvalue weighted by Crippen LogP contribution is -2.19. The van der Waals surface area contributed by atoms with Crippen molar-refractivity contribution in [3.63, 3.8) is 0 Å². The monoisotopic (exact) mass is 440 g/mol. The second-order valence-electron chi connectivity index (χ2n) is 7.70. The normalized spacial score (nSPS) is 10.7. The quantitative estimate of drug-likeness (QED) is 0.285. The molecule has 5 N–H and O–H groups in total. The number of hydrogen-bond donors (Lipinski definition) is 4. The molecule has 2 aromatic carbocycles. The first-order valence-electron chi connectivity index (χ1n) is 11.1. The zero-order chi connectivity index (χ0) is 23.0. The number of nitrogens with two attached hydrogens (primary N) is 1. The summed E-state index contributed by atoms with van der Waals surface area (Å²) in [6.07, 6.45) is 5.47. The molecule has 0 radical (unpaired) electrons. The molecule has 0 aliphatic heterocycles. The first-order chi connectivity index (χ1) is 16.2. The van der Waals surface area contributed by atoms with Crippen LogP contribution >= 0.6 is 0 Å². The van der Waals surface area contributed by atoms with Gasteiger partial charge < -0.3 is 21.7 Å². The summed E-state index contributed by atoms with van der Waals surface area (Å²) in [6, 6.07) is 19.8. The molecule has 0 saturated heterocycles. The summed E-state index contributed by atoms with van der Waals surface area (Å²) in [4.78, 5) is 21.6. The topological polar surface area (TPSA) is 105 Å². The van der Waals surface area contributed by atoms with Gasteiger partial charge in [0.2, 0.25) is 0 Å². The number of carbonyl (C=O) groups excluding carboxylic acids is 1. The van der Waals surface area contributed by atoms with Crippen LogP contribution in [0.5, 0.6) is 0 Å². The number of aromatic nitrogens is 2. The Balaban J connectivity index is 1.69. The van der Waals surface area contributed by atoms with Gasteiger partial charge in [-0.2, -0.15) is 0 Å². The molecular formula is C26H28N6O. The van der Waals surface area contributed by atoms with E-state index in [0.717, 1.165) is 58.6 Å². The van der Waals surface area contributed by atoms with Crippen molar-refractivity contribution in [2.75, 3.05) is 30.8 Å². The molecule has 0 aliphatic rings. The maximum absolute atomic E-state index is 12.6. The van der Waals surface area contributed by atoms with E-state index >= 15 is 0 Å². The van der Waals surface area contributed by atoms with Crippen LogP contribution < -0.4 is 21.7 Å². The van der Waals surface area contributed by atoms with E-state index in [1.54, 1.807) is 13.2 Å². The van der Waals surface area contributed by atoms with Gasteiger partial charge in [-0.1, -0.05) is 24.3 Å². The lowest BCUT2D eigenvalue weighted by molar-refractivity contribution is 0.0963. The van der Waals surface area contributed by atoms with Gasteiger partial charge in [-0.3, -0.25) is 9.78 Å². The van der Waals surface area contributed by atoms with E-state index in [4.69, 9.17) is 5.73 Å². The summed E-state index contributed by atoms with van der Waals surface area (Å²) >= 11 is 0. The van der Waals surface area contributed by atoms with Crippen LogP contribution in [0.3, 0.4) is 0 Å². The Morgan fingerprint density at radius 3 is 2.48 bits per heavy atom. The third-order valence-electron chi connectivity index (χ3n) is 5.42. The third kappa shape index (κ3) is 5.27. The molecule has 0 unspecified atom stereocenters. The van der Waals surface area contributed by atoms with Crippen LogP contribution in [0.25, 0.3) is 22.0 Å². The van der Waals surface area contributed by atoms with Crippen molar-refractivity contribution in [2.45, 2.75) is 12.8 Å². The van der Waals surface area contributed by atoms with Gasteiger partial charge in [-0.15, -0.1) is 0 Å². The van der Waals surface area contributed by atoms with Crippen LogP contribution in [0.15, 0.2) is 73.1 Å². The van der Waals surface area contributed by atoms with Crippen molar-refractivity contribution in [3.8, 4) is 11.1 Å². The van der Waals surface area contributed by atoms with Gasteiger partial charge in [0.05, 0.1) is 16.8 Å². The SMILES string of the molecule is CNC(=O)c1cnc2ccc(-c3ccc(NCCCCN)nc3)cc2c1Nc1ccccc1. The molecule has 2 heterocycles. The minimum absolute atomic E-state index is 0.194. The van der Waals surface area contributed by atoms with Crippen LogP contribution in [0.2, 0.25) is 0 Å². The fourth-order valence-corrected chi connectivity index (χ4v) is 3.63. The van der Waals surface area contributed by atoms with Crippen molar-refractivity contribution in [1.29, 1.82) is 0 Å². The third-order valence-corrected chi connectivity index (χ3v) is 5.42. The van der Waals surface area contributed by atoms with Crippen LogP contribution in [0, 0.1) is 0 Å². The maximum atomic E-state index is 12.6. The van der Waals surface area contributed by atoms with Crippen LogP contribution in [0.1, 0.15) is 23.2 Å². The highest BCUT2D eigenvalue weighted by Crippen LogP contribution is 2.32. The molecule has 33 heavy (non-hydrogen) atoms. The van der Waals surface area contributed by atoms with Gasteiger partial charge in [0.1, 0.15) is 5.82 Å². The van der Waals surface area contributed by atoms with Gasteiger partial charge >= 0.3 is 0 Å². The maximum Gasteiger partial charge on any atom is 0.254 e. The molecule has 4 aromatic rings. The average Bonchev–Trinajstić information content (AvgIpc) is 2.87. The van der Waals surface area contributed by atoms with Gasteiger partial charge in [0.25, 0.3) is 5.91 Å². The summed E-state index contributed by atoms with van der Waals surface area (Å²) in [6.45, 7) is 1.55. The number of hydrogen-bond acceptors (Lipinski definition) is 6. The van der Waals surface area contributed by atoms with E-state index < -0.39 is 0 Å². The fraction of sp³-hybridized carbons (Fsp3) is 0.192. The van der Waals surface area contributed by atoms with Crippen molar-refractivity contribution >= 4 is 34.0 Å². The van der Waals surface area contributed by atoms with E-state index in [1.165, 1.54) is 0 Å². The number of rotatable bonds is 9. The first kappa shape index (κ1) is 22.2. The van der Waals surface area contributed by atoms with E-state index in [0.29, 0.717) is 12.1 Å². The predicted octanol–water partition coefficient (Wildman–Crippen LogP) is 4.55. The molecular weight excluding hydrogens is 412 g/mol. The van der Waals surface area contributed by atoms with Crippen molar-refractivity contribution in [2.24, 2.45) is 5.73 Å². The summed E-state index contributed by atoms with van der Waals surface area (Å²) in [5, 5.41) is 10.3. The van der Waals surface area contributed by atoms with Gasteiger partial charge in [-0.05, 0) is 61.3 Å². The zero-order valence-corrected chi connectivity index (χ0v) is 18.6. The average molecular weight is 441 g/mol. The minimum Gasteiger partial charge on any atom is -0.370 e. The molecule has 1 amide bonds. The number of carbonyl (C=O) groups is 1. The van der Waals surface area contributed by atoms with Gasteiger partial charge in [0, 0.05) is 42.6 Å². The summed E-state index contributed by atoms with van der Waals surface area (Å²) in [5.41, 5.74) is 10.4. The molecule has 7 nitrogen and oxygen atoms in total. The lowest BCUT2D eigenvalue weighted by atomic mass is 10.0. The highest BCUT2D eigenvalue weighted by atomic mass is 16.1. The number of amides is 1. The molecule has 7 heteroatoms. The second kappa shape index (κ2) is 10.6. The number of nitrogens with zero attached hydrogens (tertiary/aromatic N) is 2. The smallest absolute Gasteiger partial charge is 0.254 e. The number of pyridine rings is 2. The first-order valence-corrected chi connectivity index (χ1v) is 11.1.